The van der Waals surface area contributed by atoms with Gasteiger partial charge in [0.1, 0.15) is 5.01 Å². The fourth-order valence-corrected chi connectivity index (χ4v) is 2.05. The number of hydrogen-bond acceptors (Lipinski definition) is 4. The van der Waals surface area contributed by atoms with Gasteiger partial charge in [-0.3, -0.25) is 4.90 Å². The summed E-state index contributed by atoms with van der Waals surface area (Å²) in [6, 6.07) is 0. The van der Waals surface area contributed by atoms with E-state index in [-0.39, 0.29) is 6.61 Å². The molecule has 0 amide bonds. The van der Waals surface area contributed by atoms with Crippen LogP contribution in [0.15, 0.2) is 5.38 Å². The van der Waals surface area contributed by atoms with Gasteiger partial charge in [0.25, 0.3) is 0 Å². The minimum Gasteiger partial charge on any atom is -0.390 e. The maximum atomic E-state index is 8.79. The van der Waals surface area contributed by atoms with E-state index in [1.807, 2.05) is 5.38 Å². The molecule has 3 nitrogen and oxygen atoms in total. The monoisotopic (exact) mass is 184 g/mol. The molecule has 1 aliphatic heterocycles. The van der Waals surface area contributed by atoms with E-state index in [0.29, 0.717) is 0 Å². The Kier molecular flexibility index (Phi) is 2.39. The summed E-state index contributed by atoms with van der Waals surface area (Å²) in [5, 5.41) is 11.8. The molecule has 66 valence electrons. The molecule has 2 heterocycles. The molecule has 1 saturated heterocycles. The molecule has 1 aromatic heterocycles. The van der Waals surface area contributed by atoms with Gasteiger partial charge < -0.3 is 5.11 Å². The Morgan fingerprint density at radius 1 is 1.58 bits per heavy atom. The number of aliphatic hydroxyl groups is 1. The van der Waals surface area contributed by atoms with Gasteiger partial charge >= 0.3 is 0 Å². The molecule has 0 aromatic carbocycles. The van der Waals surface area contributed by atoms with E-state index in [1.165, 1.54) is 19.5 Å². The van der Waals surface area contributed by atoms with Crippen LogP contribution in [0.2, 0.25) is 0 Å². The summed E-state index contributed by atoms with van der Waals surface area (Å²) < 4.78 is 0. The van der Waals surface area contributed by atoms with Crippen LogP contribution < -0.4 is 0 Å². The highest BCUT2D eigenvalue weighted by atomic mass is 32.1. The first-order valence-electron chi connectivity index (χ1n) is 4.15. The smallest absolute Gasteiger partial charge is 0.107 e. The second-order valence-electron chi connectivity index (χ2n) is 3.02. The van der Waals surface area contributed by atoms with E-state index in [9.17, 15) is 0 Å². The van der Waals surface area contributed by atoms with Crippen molar-refractivity contribution in [2.24, 2.45) is 0 Å². The zero-order valence-electron chi connectivity index (χ0n) is 6.86. The Morgan fingerprint density at radius 2 is 2.42 bits per heavy atom. The highest BCUT2D eigenvalue weighted by Gasteiger charge is 2.15. The van der Waals surface area contributed by atoms with Gasteiger partial charge in [0.2, 0.25) is 0 Å². The van der Waals surface area contributed by atoms with Crippen molar-refractivity contribution < 1.29 is 5.11 Å². The van der Waals surface area contributed by atoms with Crippen LogP contribution in [0.4, 0.5) is 0 Å². The zero-order valence-corrected chi connectivity index (χ0v) is 7.68. The lowest BCUT2D eigenvalue weighted by atomic mass is 10.2. The molecule has 0 atom stereocenters. The third-order valence-corrected chi connectivity index (χ3v) is 2.95. The molecule has 1 N–H and O–H groups in total. The number of likely N-dealkylation sites (tertiary alicyclic amines) is 1. The van der Waals surface area contributed by atoms with Crippen LogP contribution in [0.1, 0.15) is 17.1 Å². The highest BCUT2D eigenvalue weighted by molar-refractivity contribution is 7.09. The quantitative estimate of drug-likeness (QED) is 0.756. The number of hydrogen-bond donors (Lipinski definition) is 1. The summed E-state index contributed by atoms with van der Waals surface area (Å²) in [5.74, 6) is 0. The Balaban J connectivity index is 1.93. The molecule has 1 aromatic rings. The average molecular weight is 184 g/mol. The van der Waals surface area contributed by atoms with Crippen molar-refractivity contribution in [1.29, 1.82) is 0 Å². The maximum Gasteiger partial charge on any atom is 0.107 e. The molecule has 12 heavy (non-hydrogen) atoms. The second kappa shape index (κ2) is 3.51. The molecular weight excluding hydrogens is 172 g/mol. The van der Waals surface area contributed by atoms with Crippen molar-refractivity contribution in [3.63, 3.8) is 0 Å². The number of rotatable bonds is 3. The van der Waals surface area contributed by atoms with Gasteiger partial charge in [-0.1, -0.05) is 0 Å². The Morgan fingerprint density at radius 3 is 2.92 bits per heavy atom. The van der Waals surface area contributed by atoms with Gasteiger partial charge in [0, 0.05) is 5.38 Å². The van der Waals surface area contributed by atoms with Gasteiger partial charge in [0.15, 0.2) is 0 Å². The lowest BCUT2D eigenvalue weighted by molar-refractivity contribution is 0.172. The molecule has 0 spiro atoms. The molecule has 0 aliphatic carbocycles. The van der Waals surface area contributed by atoms with Gasteiger partial charge in [-0.05, 0) is 19.5 Å². The van der Waals surface area contributed by atoms with Crippen LogP contribution >= 0.6 is 11.3 Å². The van der Waals surface area contributed by atoms with Crippen LogP contribution in [0.3, 0.4) is 0 Å². The van der Waals surface area contributed by atoms with Crippen LogP contribution in [0, 0.1) is 0 Å². The Bertz CT molecular complexity index is 257. The van der Waals surface area contributed by atoms with E-state index in [1.54, 1.807) is 11.3 Å². The lowest BCUT2D eigenvalue weighted by Crippen LogP contribution is -2.36. The van der Waals surface area contributed by atoms with Crippen molar-refractivity contribution in [3.8, 4) is 0 Å². The SMILES string of the molecule is OCc1csc(CN2CCC2)n1. The van der Waals surface area contributed by atoms with E-state index in [2.05, 4.69) is 9.88 Å². The fourth-order valence-electron chi connectivity index (χ4n) is 1.23. The van der Waals surface area contributed by atoms with Gasteiger partial charge in [-0.25, -0.2) is 4.98 Å². The molecule has 1 aliphatic rings. The first-order chi connectivity index (χ1) is 5.88. The van der Waals surface area contributed by atoms with Gasteiger partial charge in [0.05, 0.1) is 18.8 Å². The zero-order chi connectivity index (χ0) is 8.39. The molecule has 2 rings (SSSR count). The lowest BCUT2D eigenvalue weighted by Gasteiger charge is -2.29. The first-order valence-corrected chi connectivity index (χ1v) is 5.03. The summed E-state index contributed by atoms with van der Waals surface area (Å²) >= 11 is 1.64. The van der Waals surface area contributed by atoms with Crippen LogP contribution in [-0.2, 0) is 13.2 Å². The van der Waals surface area contributed by atoms with E-state index in [0.717, 1.165) is 17.2 Å². The van der Waals surface area contributed by atoms with Crippen LogP contribution in [0.25, 0.3) is 0 Å². The minimum absolute atomic E-state index is 0.0660. The first kappa shape index (κ1) is 8.16. The van der Waals surface area contributed by atoms with Crippen molar-refractivity contribution >= 4 is 11.3 Å². The average Bonchev–Trinajstić information content (AvgIpc) is 2.44. The molecule has 0 radical (unpaired) electrons. The predicted molar refractivity (Wildman–Crippen MR) is 47.9 cm³/mol. The minimum atomic E-state index is 0.0660. The van der Waals surface area contributed by atoms with Gasteiger partial charge in [-0.15, -0.1) is 11.3 Å². The summed E-state index contributed by atoms with van der Waals surface area (Å²) in [7, 11) is 0. The van der Waals surface area contributed by atoms with Crippen molar-refractivity contribution in [1.82, 2.24) is 9.88 Å². The van der Waals surface area contributed by atoms with Crippen LogP contribution in [0.5, 0.6) is 0 Å². The molecule has 0 saturated carbocycles. The van der Waals surface area contributed by atoms with Crippen LogP contribution in [-0.4, -0.2) is 28.1 Å². The third kappa shape index (κ3) is 1.65. The maximum absolute atomic E-state index is 8.79. The fraction of sp³-hybridized carbons (Fsp3) is 0.625. The summed E-state index contributed by atoms with van der Waals surface area (Å²) in [4.78, 5) is 6.64. The number of aliphatic hydroxyl groups excluding tert-OH is 1. The second-order valence-corrected chi connectivity index (χ2v) is 3.96. The van der Waals surface area contributed by atoms with E-state index >= 15 is 0 Å². The summed E-state index contributed by atoms with van der Waals surface area (Å²) in [6.45, 7) is 3.43. The van der Waals surface area contributed by atoms with Crippen molar-refractivity contribution in [3.05, 3.63) is 16.1 Å². The van der Waals surface area contributed by atoms with Crippen molar-refractivity contribution in [2.75, 3.05) is 13.1 Å². The van der Waals surface area contributed by atoms with E-state index in [4.69, 9.17) is 5.11 Å². The third-order valence-electron chi connectivity index (χ3n) is 2.07. The molecule has 4 heteroatoms. The van der Waals surface area contributed by atoms with E-state index < -0.39 is 0 Å². The molecule has 0 unspecified atom stereocenters. The predicted octanol–water partition coefficient (Wildman–Crippen LogP) is 0.841. The summed E-state index contributed by atoms with van der Waals surface area (Å²) in [6.07, 6.45) is 1.32. The molecular formula is C8H12N2OS. The highest BCUT2D eigenvalue weighted by Crippen LogP contribution is 2.15. The normalized spacial score (nSPS) is 17.8. The Hall–Kier alpha value is -0.450. The largest absolute Gasteiger partial charge is 0.390 e. The summed E-state index contributed by atoms with van der Waals surface area (Å²) in [5.41, 5.74) is 0.801. The molecule has 1 fully saturated rings. The Labute approximate surface area is 75.7 Å². The number of thiazole rings is 1. The number of aromatic nitrogens is 1. The topological polar surface area (TPSA) is 36.4 Å². The number of nitrogens with zero attached hydrogens (tertiary/aromatic N) is 2. The van der Waals surface area contributed by atoms with Crippen molar-refractivity contribution in [2.45, 2.75) is 19.6 Å². The van der Waals surface area contributed by atoms with Gasteiger partial charge in [-0.2, -0.15) is 0 Å². The molecule has 0 bridgehead atoms. The standard InChI is InChI=1S/C8H12N2OS/c11-5-7-6-12-8(9-7)4-10-2-1-3-10/h6,11H,1-5H2.